The molecule has 3 fully saturated rings. The van der Waals surface area contributed by atoms with Crippen molar-refractivity contribution in [3.63, 3.8) is 0 Å². The summed E-state index contributed by atoms with van der Waals surface area (Å²) in [6.45, 7) is 2.49. The van der Waals surface area contributed by atoms with Crippen molar-refractivity contribution in [3.8, 4) is 0 Å². The number of nitrogens with zero attached hydrogens (tertiary/aromatic N) is 1. The summed E-state index contributed by atoms with van der Waals surface area (Å²) in [5, 5.41) is 0. The standard InChI is InChI=1S/C16H27NO/c18-16-9-3-7-14(16)10-12-17-11-4-8-15(17)13-5-1-2-6-13/h13-15H,1-12H2. The molecule has 3 aliphatic rings. The Morgan fingerprint density at radius 1 is 1.00 bits per heavy atom. The summed E-state index contributed by atoms with van der Waals surface area (Å²) in [7, 11) is 0. The lowest BCUT2D eigenvalue weighted by molar-refractivity contribution is -0.120. The zero-order valence-electron chi connectivity index (χ0n) is 11.6. The zero-order valence-corrected chi connectivity index (χ0v) is 11.6. The van der Waals surface area contributed by atoms with E-state index in [1.165, 1.54) is 58.0 Å². The summed E-state index contributed by atoms with van der Waals surface area (Å²) < 4.78 is 0. The molecule has 0 bridgehead atoms. The molecule has 2 heteroatoms. The number of carbonyl (C=O) groups excluding carboxylic acids is 1. The van der Waals surface area contributed by atoms with Crippen LogP contribution in [0.3, 0.4) is 0 Å². The lowest BCUT2D eigenvalue weighted by Gasteiger charge is -2.30. The molecule has 2 atom stereocenters. The Morgan fingerprint density at radius 3 is 2.56 bits per heavy atom. The van der Waals surface area contributed by atoms with Crippen LogP contribution < -0.4 is 0 Å². The summed E-state index contributed by atoms with van der Waals surface area (Å²) in [4.78, 5) is 14.4. The van der Waals surface area contributed by atoms with Gasteiger partial charge in [0.1, 0.15) is 5.78 Å². The van der Waals surface area contributed by atoms with Gasteiger partial charge in [0.2, 0.25) is 0 Å². The quantitative estimate of drug-likeness (QED) is 0.761. The van der Waals surface area contributed by atoms with Crippen molar-refractivity contribution in [2.24, 2.45) is 11.8 Å². The van der Waals surface area contributed by atoms with E-state index in [0.29, 0.717) is 11.7 Å². The summed E-state index contributed by atoms with van der Waals surface area (Å²) in [5.74, 6) is 1.94. The van der Waals surface area contributed by atoms with Crippen molar-refractivity contribution in [2.45, 2.75) is 70.3 Å². The lowest BCUT2D eigenvalue weighted by Crippen LogP contribution is -2.36. The molecule has 1 aliphatic heterocycles. The maximum atomic E-state index is 11.7. The molecular formula is C16H27NO. The minimum absolute atomic E-state index is 0.412. The number of hydrogen-bond donors (Lipinski definition) is 0. The fraction of sp³-hybridized carbons (Fsp3) is 0.938. The van der Waals surface area contributed by atoms with E-state index in [0.717, 1.165) is 31.2 Å². The summed E-state index contributed by atoms with van der Waals surface area (Å²) >= 11 is 0. The maximum absolute atomic E-state index is 11.7. The molecular weight excluding hydrogens is 222 g/mol. The molecule has 2 aliphatic carbocycles. The first-order chi connectivity index (χ1) is 8.84. The van der Waals surface area contributed by atoms with Crippen molar-refractivity contribution < 1.29 is 4.79 Å². The number of carbonyl (C=O) groups is 1. The van der Waals surface area contributed by atoms with Gasteiger partial charge in [0.15, 0.2) is 0 Å². The molecule has 0 spiro atoms. The SMILES string of the molecule is O=C1CCCC1CCN1CCCC1C1CCCC1. The van der Waals surface area contributed by atoms with Crippen molar-refractivity contribution >= 4 is 5.78 Å². The average molecular weight is 249 g/mol. The fourth-order valence-electron chi connectivity index (χ4n) is 4.52. The second-order valence-electron chi connectivity index (χ2n) is 6.63. The van der Waals surface area contributed by atoms with E-state index in [-0.39, 0.29) is 0 Å². The zero-order chi connectivity index (χ0) is 12.4. The van der Waals surface area contributed by atoms with Gasteiger partial charge >= 0.3 is 0 Å². The number of likely N-dealkylation sites (tertiary alicyclic amines) is 1. The molecule has 0 radical (unpaired) electrons. The highest BCUT2D eigenvalue weighted by Crippen LogP contribution is 2.36. The first-order valence-corrected chi connectivity index (χ1v) is 8.11. The minimum Gasteiger partial charge on any atom is -0.300 e. The van der Waals surface area contributed by atoms with Gasteiger partial charge in [-0.1, -0.05) is 12.8 Å². The second kappa shape index (κ2) is 5.73. The Balaban J connectivity index is 1.50. The third-order valence-corrected chi connectivity index (χ3v) is 5.55. The molecule has 3 rings (SSSR count). The van der Waals surface area contributed by atoms with Crippen LogP contribution in [0.5, 0.6) is 0 Å². The van der Waals surface area contributed by atoms with Crippen LogP contribution in [0.15, 0.2) is 0 Å². The van der Waals surface area contributed by atoms with Gasteiger partial charge in [-0.3, -0.25) is 4.79 Å². The van der Waals surface area contributed by atoms with Crippen LogP contribution >= 0.6 is 0 Å². The van der Waals surface area contributed by atoms with E-state index >= 15 is 0 Å². The third kappa shape index (κ3) is 2.64. The first kappa shape index (κ1) is 12.7. The van der Waals surface area contributed by atoms with Crippen molar-refractivity contribution in [3.05, 3.63) is 0 Å². The molecule has 0 amide bonds. The Labute approximate surface area is 111 Å². The van der Waals surface area contributed by atoms with Gasteiger partial charge in [0.25, 0.3) is 0 Å². The van der Waals surface area contributed by atoms with Crippen molar-refractivity contribution in [1.82, 2.24) is 4.90 Å². The van der Waals surface area contributed by atoms with E-state index < -0.39 is 0 Å². The first-order valence-electron chi connectivity index (χ1n) is 8.11. The van der Waals surface area contributed by atoms with Gasteiger partial charge in [-0.2, -0.15) is 0 Å². The highest BCUT2D eigenvalue weighted by Gasteiger charge is 2.34. The molecule has 2 saturated carbocycles. The molecule has 18 heavy (non-hydrogen) atoms. The van der Waals surface area contributed by atoms with E-state index in [2.05, 4.69) is 4.90 Å². The van der Waals surface area contributed by atoms with E-state index in [1.54, 1.807) is 0 Å². The molecule has 1 saturated heterocycles. The average Bonchev–Trinajstić information content (AvgIpc) is 3.07. The molecule has 2 nitrogen and oxygen atoms in total. The fourth-order valence-corrected chi connectivity index (χ4v) is 4.52. The van der Waals surface area contributed by atoms with Gasteiger partial charge < -0.3 is 4.90 Å². The number of rotatable bonds is 4. The van der Waals surface area contributed by atoms with Crippen LogP contribution in [-0.2, 0) is 4.79 Å². The molecule has 0 aromatic rings. The molecule has 0 N–H and O–H groups in total. The van der Waals surface area contributed by atoms with Crippen LogP contribution in [-0.4, -0.2) is 29.8 Å². The largest absolute Gasteiger partial charge is 0.300 e. The smallest absolute Gasteiger partial charge is 0.136 e. The van der Waals surface area contributed by atoms with E-state index in [4.69, 9.17) is 0 Å². The maximum Gasteiger partial charge on any atom is 0.136 e. The predicted molar refractivity (Wildman–Crippen MR) is 73.5 cm³/mol. The molecule has 0 aromatic heterocycles. The van der Waals surface area contributed by atoms with Gasteiger partial charge in [-0.25, -0.2) is 0 Å². The van der Waals surface area contributed by atoms with Gasteiger partial charge in [-0.05, 0) is 64.0 Å². The van der Waals surface area contributed by atoms with E-state index in [1.807, 2.05) is 0 Å². The van der Waals surface area contributed by atoms with Gasteiger partial charge in [0, 0.05) is 18.4 Å². The number of hydrogen-bond acceptors (Lipinski definition) is 2. The monoisotopic (exact) mass is 249 g/mol. The molecule has 1 heterocycles. The minimum atomic E-state index is 0.412. The van der Waals surface area contributed by atoms with Crippen LogP contribution in [0.25, 0.3) is 0 Å². The second-order valence-corrected chi connectivity index (χ2v) is 6.63. The number of ketones is 1. The summed E-state index contributed by atoms with van der Waals surface area (Å²) in [6.07, 6.45) is 13.0. The van der Waals surface area contributed by atoms with Crippen LogP contribution in [0.4, 0.5) is 0 Å². The Morgan fingerprint density at radius 2 is 1.83 bits per heavy atom. The van der Waals surface area contributed by atoms with Gasteiger partial charge in [-0.15, -0.1) is 0 Å². The normalized spacial score (nSPS) is 34.8. The van der Waals surface area contributed by atoms with Crippen LogP contribution in [0.1, 0.15) is 64.2 Å². The summed E-state index contributed by atoms with van der Waals surface area (Å²) in [5.41, 5.74) is 0. The van der Waals surface area contributed by atoms with Crippen LogP contribution in [0.2, 0.25) is 0 Å². The highest BCUT2D eigenvalue weighted by atomic mass is 16.1. The van der Waals surface area contributed by atoms with Crippen molar-refractivity contribution in [2.75, 3.05) is 13.1 Å². The molecule has 102 valence electrons. The molecule has 0 aromatic carbocycles. The van der Waals surface area contributed by atoms with Crippen molar-refractivity contribution in [1.29, 1.82) is 0 Å². The van der Waals surface area contributed by atoms with E-state index in [9.17, 15) is 4.79 Å². The predicted octanol–water partition coefficient (Wildman–Crippen LogP) is 3.40. The van der Waals surface area contributed by atoms with Crippen LogP contribution in [0, 0.1) is 11.8 Å². The topological polar surface area (TPSA) is 20.3 Å². The number of Topliss-reactive ketones (excluding diaryl/α,β-unsaturated/α-hetero) is 1. The van der Waals surface area contributed by atoms with Gasteiger partial charge in [0.05, 0.1) is 0 Å². The highest BCUT2D eigenvalue weighted by molar-refractivity contribution is 5.82. The Kier molecular flexibility index (Phi) is 4.03. The third-order valence-electron chi connectivity index (χ3n) is 5.55. The lowest BCUT2D eigenvalue weighted by atomic mass is 9.95. The Bertz CT molecular complexity index is 295. The molecule has 2 unspecified atom stereocenters. The summed E-state index contributed by atoms with van der Waals surface area (Å²) in [6, 6.07) is 0.865. The Hall–Kier alpha value is -0.370.